The van der Waals surface area contributed by atoms with Crippen molar-refractivity contribution in [1.29, 1.82) is 0 Å². The third-order valence-corrected chi connectivity index (χ3v) is 2.14. The monoisotopic (exact) mass is 190 g/mol. The second kappa shape index (κ2) is 4.17. The number of hydrogen-bond acceptors (Lipinski definition) is 2. The molecule has 2 nitrogen and oxygen atoms in total. The number of terminal acetylenes is 1. The minimum absolute atomic E-state index is 0.292. The molecule has 2 heteroatoms. The highest BCUT2D eigenvalue weighted by molar-refractivity contribution is 5.32. The van der Waals surface area contributed by atoms with Gasteiger partial charge in [0.1, 0.15) is 5.75 Å². The molecule has 0 heterocycles. The van der Waals surface area contributed by atoms with Crippen LogP contribution in [-0.4, -0.2) is 12.2 Å². The van der Waals surface area contributed by atoms with Gasteiger partial charge < -0.3 is 9.84 Å². The first kappa shape index (κ1) is 10.6. The minimum Gasteiger partial charge on any atom is -0.497 e. The Hall–Kier alpha value is -1.46. The van der Waals surface area contributed by atoms with E-state index in [1.165, 1.54) is 0 Å². The summed E-state index contributed by atoms with van der Waals surface area (Å²) >= 11 is 0. The number of aliphatic hydroxyl groups is 1. The Balaban J connectivity index is 3.01. The maximum Gasteiger partial charge on any atom is 0.119 e. The molecule has 0 saturated carbocycles. The van der Waals surface area contributed by atoms with Gasteiger partial charge in [0.25, 0.3) is 0 Å². The van der Waals surface area contributed by atoms with E-state index < -0.39 is 5.60 Å². The van der Waals surface area contributed by atoms with Crippen LogP contribution in [0.2, 0.25) is 0 Å². The molecule has 0 spiro atoms. The van der Waals surface area contributed by atoms with Crippen LogP contribution in [0.25, 0.3) is 0 Å². The van der Waals surface area contributed by atoms with Gasteiger partial charge in [-0.1, -0.05) is 12.1 Å². The van der Waals surface area contributed by atoms with Crippen LogP contribution in [0.15, 0.2) is 24.3 Å². The van der Waals surface area contributed by atoms with Crippen molar-refractivity contribution in [2.45, 2.75) is 18.9 Å². The van der Waals surface area contributed by atoms with Crippen LogP contribution >= 0.6 is 0 Å². The molecule has 1 aromatic rings. The molecule has 0 aromatic heterocycles. The number of rotatable bonds is 3. The predicted molar refractivity (Wildman–Crippen MR) is 56.0 cm³/mol. The normalized spacial score (nSPS) is 14.1. The Morgan fingerprint density at radius 2 is 2.29 bits per heavy atom. The number of methoxy groups -OCH3 is 1. The van der Waals surface area contributed by atoms with Crippen LogP contribution in [0.5, 0.6) is 5.75 Å². The van der Waals surface area contributed by atoms with Crippen molar-refractivity contribution in [3.8, 4) is 18.1 Å². The number of ether oxygens (including phenoxy) is 1. The molecule has 1 rings (SSSR count). The summed E-state index contributed by atoms with van der Waals surface area (Å²) in [6, 6.07) is 7.28. The highest BCUT2D eigenvalue weighted by Gasteiger charge is 2.21. The molecule has 0 fully saturated rings. The molecule has 14 heavy (non-hydrogen) atoms. The fourth-order valence-electron chi connectivity index (χ4n) is 1.26. The first-order valence-electron chi connectivity index (χ1n) is 4.40. The maximum absolute atomic E-state index is 10.0. The maximum atomic E-state index is 10.0. The second-order valence-electron chi connectivity index (χ2n) is 3.39. The fourth-order valence-corrected chi connectivity index (χ4v) is 1.26. The average Bonchev–Trinajstić information content (AvgIpc) is 2.18. The van der Waals surface area contributed by atoms with Crippen molar-refractivity contribution in [2.75, 3.05) is 7.11 Å². The van der Waals surface area contributed by atoms with Gasteiger partial charge >= 0.3 is 0 Å². The second-order valence-corrected chi connectivity index (χ2v) is 3.39. The van der Waals surface area contributed by atoms with Crippen LogP contribution in [0, 0.1) is 12.3 Å². The average molecular weight is 190 g/mol. The van der Waals surface area contributed by atoms with E-state index in [4.69, 9.17) is 11.2 Å². The lowest BCUT2D eigenvalue weighted by Gasteiger charge is -2.21. The van der Waals surface area contributed by atoms with E-state index >= 15 is 0 Å². The largest absolute Gasteiger partial charge is 0.497 e. The summed E-state index contributed by atoms with van der Waals surface area (Å²) in [4.78, 5) is 0. The van der Waals surface area contributed by atoms with Crippen LogP contribution in [0.1, 0.15) is 18.9 Å². The lowest BCUT2D eigenvalue weighted by molar-refractivity contribution is 0.0627. The van der Waals surface area contributed by atoms with Crippen molar-refractivity contribution in [3.05, 3.63) is 29.8 Å². The minimum atomic E-state index is -0.983. The molecule has 0 aliphatic heterocycles. The Kier molecular flexibility index (Phi) is 3.16. The third-order valence-electron chi connectivity index (χ3n) is 2.14. The van der Waals surface area contributed by atoms with Gasteiger partial charge in [-0.15, -0.1) is 12.3 Å². The molecule has 0 radical (unpaired) electrons. The van der Waals surface area contributed by atoms with Crippen molar-refractivity contribution in [1.82, 2.24) is 0 Å². The Labute approximate surface area is 84.5 Å². The van der Waals surface area contributed by atoms with E-state index in [1.54, 1.807) is 20.1 Å². The standard InChI is InChI=1S/C12H14O2/c1-4-8-12(2,13)10-6-5-7-11(9-10)14-3/h1,5-7,9,13H,8H2,2-3H3. The summed E-state index contributed by atoms with van der Waals surface area (Å²) in [6.07, 6.45) is 5.47. The van der Waals surface area contributed by atoms with Crippen molar-refractivity contribution in [3.63, 3.8) is 0 Å². The molecular formula is C12H14O2. The predicted octanol–water partition coefficient (Wildman–Crippen LogP) is 1.93. The zero-order valence-electron chi connectivity index (χ0n) is 8.45. The summed E-state index contributed by atoms with van der Waals surface area (Å²) in [7, 11) is 1.59. The molecule has 0 amide bonds. The van der Waals surface area contributed by atoms with Crippen molar-refractivity contribution in [2.24, 2.45) is 0 Å². The molecule has 0 aliphatic rings. The highest BCUT2D eigenvalue weighted by atomic mass is 16.5. The van der Waals surface area contributed by atoms with Crippen LogP contribution in [0.4, 0.5) is 0 Å². The molecule has 74 valence electrons. The zero-order chi connectivity index (χ0) is 10.6. The summed E-state index contributed by atoms with van der Waals surface area (Å²) in [6.45, 7) is 1.70. The Bertz CT molecular complexity index is 348. The number of benzene rings is 1. The molecule has 1 N–H and O–H groups in total. The lowest BCUT2D eigenvalue weighted by Crippen LogP contribution is -2.20. The summed E-state index contributed by atoms with van der Waals surface area (Å²) in [5.74, 6) is 3.18. The van der Waals surface area contributed by atoms with Gasteiger partial charge in [0.05, 0.1) is 12.7 Å². The van der Waals surface area contributed by atoms with Crippen LogP contribution in [-0.2, 0) is 5.60 Å². The van der Waals surface area contributed by atoms with Gasteiger partial charge in [-0.2, -0.15) is 0 Å². The van der Waals surface area contributed by atoms with Crippen LogP contribution in [0.3, 0.4) is 0 Å². The van der Waals surface area contributed by atoms with Gasteiger partial charge in [-0.3, -0.25) is 0 Å². The smallest absolute Gasteiger partial charge is 0.119 e. The topological polar surface area (TPSA) is 29.5 Å². The molecule has 0 aliphatic carbocycles. The van der Waals surface area contributed by atoms with Gasteiger partial charge in [-0.05, 0) is 24.6 Å². The lowest BCUT2D eigenvalue weighted by atomic mass is 9.93. The summed E-state index contributed by atoms with van der Waals surface area (Å²) in [5, 5.41) is 10.0. The summed E-state index contributed by atoms with van der Waals surface area (Å²) in [5.41, 5.74) is -0.210. The van der Waals surface area contributed by atoms with E-state index in [0.29, 0.717) is 6.42 Å². The molecule has 0 bridgehead atoms. The molecule has 1 atom stereocenters. The van der Waals surface area contributed by atoms with E-state index in [-0.39, 0.29) is 0 Å². The SMILES string of the molecule is C#CCC(C)(O)c1cccc(OC)c1. The van der Waals surface area contributed by atoms with E-state index in [1.807, 2.05) is 18.2 Å². The highest BCUT2D eigenvalue weighted by Crippen LogP contribution is 2.26. The zero-order valence-corrected chi connectivity index (χ0v) is 8.45. The van der Waals surface area contributed by atoms with E-state index in [9.17, 15) is 5.11 Å². The quantitative estimate of drug-likeness (QED) is 0.738. The number of hydrogen-bond donors (Lipinski definition) is 1. The molecule has 1 unspecified atom stereocenters. The van der Waals surface area contributed by atoms with E-state index in [2.05, 4.69) is 5.92 Å². The fraction of sp³-hybridized carbons (Fsp3) is 0.333. The third kappa shape index (κ3) is 2.27. The molecule has 1 aromatic carbocycles. The Morgan fingerprint density at radius 1 is 1.57 bits per heavy atom. The van der Waals surface area contributed by atoms with Gasteiger partial charge in [-0.25, -0.2) is 0 Å². The first-order valence-corrected chi connectivity index (χ1v) is 4.40. The molecule has 0 saturated heterocycles. The molecular weight excluding hydrogens is 176 g/mol. The first-order chi connectivity index (χ1) is 6.60. The van der Waals surface area contributed by atoms with Crippen LogP contribution < -0.4 is 4.74 Å². The van der Waals surface area contributed by atoms with Gasteiger partial charge in [0.2, 0.25) is 0 Å². The Morgan fingerprint density at radius 3 is 2.86 bits per heavy atom. The van der Waals surface area contributed by atoms with Crippen molar-refractivity contribution < 1.29 is 9.84 Å². The summed E-state index contributed by atoms with van der Waals surface area (Å²) < 4.78 is 5.07. The van der Waals surface area contributed by atoms with E-state index in [0.717, 1.165) is 11.3 Å². The van der Waals surface area contributed by atoms with Crippen molar-refractivity contribution >= 4 is 0 Å². The van der Waals surface area contributed by atoms with Gasteiger partial charge in [0.15, 0.2) is 0 Å². The van der Waals surface area contributed by atoms with Gasteiger partial charge in [0, 0.05) is 6.42 Å².